The topological polar surface area (TPSA) is 94.1 Å². The second kappa shape index (κ2) is 7.30. The van der Waals surface area contributed by atoms with Crippen LogP contribution < -0.4 is 5.56 Å². The summed E-state index contributed by atoms with van der Waals surface area (Å²) in [5, 5.41) is 6.96. The number of halogens is 3. The first-order valence-electron chi connectivity index (χ1n) is 8.95. The summed E-state index contributed by atoms with van der Waals surface area (Å²) in [7, 11) is 0. The third-order valence-corrected chi connectivity index (χ3v) is 4.92. The molecule has 0 bridgehead atoms. The number of hydrogen-bond donors (Lipinski definition) is 0. The van der Waals surface area contributed by atoms with Crippen molar-refractivity contribution in [1.82, 2.24) is 24.6 Å². The van der Waals surface area contributed by atoms with Crippen LogP contribution in [0.4, 0.5) is 13.2 Å². The Morgan fingerprint density at radius 2 is 1.90 bits per heavy atom. The maximum absolute atomic E-state index is 12.6. The number of aromatic nitrogens is 4. The van der Waals surface area contributed by atoms with Gasteiger partial charge in [-0.25, -0.2) is 4.98 Å². The normalized spacial score (nSPS) is 15.8. The van der Waals surface area contributed by atoms with Gasteiger partial charge in [0, 0.05) is 19.0 Å². The smallest absolute Gasteiger partial charge is 0.417 e. The van der Waals surface area contributed by atoms with Gasteiger partial charge in [-0.2, -0.15) is 13.2 Å². The fourth-order valence-electron chi connectivity index (χ4n) is 3.35. The second-order valence-electron chi connectivity index (χ2n) is 6.79. The van der Waals surface area contributed by atoms with Crippen molar-refractivity contribution in [1.29, 1.82) is 0 Å². The van der Waals surface area contributed by atoms with Crippen LogP contribution in [0.15, 0.2) is 39.8 Å². The number of carbonyl (C=O) groups is 1. The minimum Gasteiger partial charge on any atom is -0.417 e. The van der Waals surface area contributed by atoms with Crippen molar-refractivity contribution in [3.63, 3.8) is 0 Å². The lowest BCUT2D eigenvalue weighted by atomic mass is 9.97. The average molecular weight is 407 g/mol. The van der Waals surface area contributed by atoms with Gasteiger partial charge in [-0.05, 0) is 25.0 Å². The third-order valence-electron chi connectivity index (χ3n) is 4.92. The lowest BCUT2D eigenvalue weighted by Gasteiger charge is -2.30. The van der Waals surface area contributed by atoms with E-state index in [0.29, 0.717) is 36.8 Å². The molecule has 11 heteroatoms. The van der Waals surface area contributed by atoms with Crippen LogP contribution in [-0.4, -0.2) is 43.6 Å². The minimum absolute atomic E-state index is 0.0700. The fraction of sp³-hybridized carbons (Fsp3) is 0.389. The molecule has 0 unspecified atom stereocenters. The number of amides is 1. The van der Waals surface area contributed by atoms with Crippen molar-refractivity contribution in [2.24, 2.45) is 0 Å². The van der Waals surface area contributed by atoms with Gasteiger partial charge in [-0.3, -0.25) is 14.2 Å². The van der Waals surface area contributed by atoms with Gasteiger partial charge in [0.15, 0.2) is 0 Å². The van der Waals surface area contributed by atoms with Crippen molar-refractivity contribution in [2.75, 3.05) is 13.1 Å². The highest BCUT2D eigenvalue weighted by Gasteiger charge is 2.39. The van der Waals surface area contributed by atoms with Crippen LogP contribution in [0.3, 0.4) is 0 Å². The zero-order chi connectivity index (χ0) is 20.6. The lowest BCUT2D eigenvalue weighted by Crippen LogP contribution is -2.41. The van der Waals surface area contributed by atoms with E-state index in [1.165, 1.54) is 10.9 Å². The van der Waals surface area contributed by atoms with E-state index in [-0.39, 0.29) is 29.8 Å². The summed E-state index contributed by atoms with van der Waals surface area (Å²) in [5.41, 5.74) is 0.254. The van der Waals surface area contributed by atoms with Crippen LogP contribution in [0.5, 0.6) is 0 Å². The predicted octanol–water partition coefficient (Wildman–Crippen LogP) is 2.20. The Bertz CT molecular complexity index is 1100. The van der Waals surface area contributed by atoms with Gasteiger partial charge < -0.3 is 9.32 Å². The number of alkyl halides is 3. The molecule has 1 fully saturated rings. The molecule has 0 spiro atoms. The Morgan fingerprint density at radius 3 is 2.59 bits per heavy atom. The summed E-state index contributed by atoms with van der Waals surface area (Å²) in [6.07, 6.45) is -2.54. The van der Waals surface area contributed by atoms with Crippen LogP contribution >= 0.6 is 0 Å². The first-order chi connectivity index (χ1) is 13.8. The summed E-state index contributed by atoms with van der Waals surface area (Å²) in [4.78, 5) is 30.8. The van der Waals surface area contributed by atoms with E-state index in [1.807, 2.05) is 0 Å². The SMILES string of the molecule is O=C(Cn1cnc2ccccc2c1=O)N1CCC(c2nnc(C(F)(F)F)o2)CC1. The molecule has 1 amide bonds. The van der Waals surface area contributed by atoms with Crippen molar-refractivity contribution in [3.05, 3.63) is 52.7 Å². The second-order valence-corrected chi connectivity index (χ2v) is 6.79. The molecule has 0 atom stereocenters. The number of piperidine rings is 1. The van der Waals surface area contributed by atoms with Crippen LogP contribution in [0, 0.1) is 0 Å². The van der Waals surface area contributed by atoms with Gasteiger partial charge in [0.1, 0.15) is 6.54 Å². The molecule has 0 saturated carbocycles. The third kappa shape index (κ3) is 3.84. The van der Waals surface area contributed by atoms with Gasteiger partial charge in [-0.15, -0.1) is 10.2 Å². The molecule has 0 radical (unpaired) electrons. The number of benzene rings is 1. The van der Waals surface area contributed by atoms with E-state index < -0.39 is 12.1 Å². The Labute approximate surface area is 162 Å². The molecule has 152 valence electrons. The summed E-state index contributed by atoms with van der Waals surface area (Å²) in [5.74, 6) is -2.04. The zero-order valence-corrected chi connectivity index (χ0v) is 15.1. The maximum atomic E-state index is 12.6. The molecule has 1 aliphatic heterocycles. The number of likely N-dealkylation sites (tertiary alicyclic amines) is 1. The number of nitrogens with zero attached hydrogens (tertiary/aromatic N) is 5. The molecule has 29 heavy (non-hydrogen) atoms. The Balaban J connectivity index is 1.40. The van der Waals surface area contributed by atoms with Gasteiger partial charge in [0.05, 0.1) is 17.2 Å². The van der Waals surface area contributed by atoms with Gasteiger partial charge >= 0.3 is 12.1 Å². The van der Waals surface area contributed by atoms with E-state index in [1.54, 1.807) is 29.2 Å². The number of hydrogen-bond acceptors (Lipinski definition) is 6. The van der Waals surface area contributed by atoms with Crippen LogP contribution in [0.1, 0.15) is 30.5 Å². The minimum atomic E-state index is -4.68. The van der Waals surface area contributed by atoms with Crippen LogP contribution in [0.25, 0.3) is 10.9 Å². The average Bonchev–Trinajstić information content (AvgIpc) is 3.21. The van der Waals surface area contributed by atoms with E-state index in [9.17, 15) is 22.8 Å². The van der Waals surface area contributed by atoms with Crippen molar-refractivity contribution < 1.29 is 22.4 Å². The predicted molar refractivity (Wildman–Crippen MR) is 93.9 cm³/mol. The van der Waals surface area contributed by atoms with Gasteiger partial charge in [0.25, 0.3) is 5.56 Å². The molecule has 0 aliphatic carbocycles. The first kappa shape index (κ1) is 19.1. The number of para-hydroxylation sites is 1. The van der Waals surface area contributed by atoms with Gasteiger partial charge in [-0.1, -0.05) is 12.1 Å². The molecule has 3 heterocycles. The van der Waals surface area contributed by atoms with E-state index in [2.05, 4.69) is 15.2 Å². The molecular weight excluding hydrogens is 391 g/mol. The number of rotatable bonds is 3. The number of carbonyl (C=O) groups excluding carboxylic acids is 1. The summed E-state index contributed by atoms with van der Waals surface area (Å²) in [6, 6.07) is 6.87. The lowest BCUT2D eigenvalue weighted by molar-refractivity contribution is -0.157. The van der Waals surface area contributed by atoms with Crippen LogP contribution in [0.2, 0.25) is 0 Å². The van der Waals surface area contributed by atoms with Crippen molar-refractivity contribution in [3.8, 4) is 0 Å². The van der Waals surface area contributed by atoms with Crippen molar-refractivity contribution in [2.45, 2.75) is 31.5 Å². The van der Waals surface area contributed by atoms with Crippen molar-refractivity contribution >= 4 is 16.8 Å². The van der Waals surface area contributed by atoms with E-state index in [4.69, 9.17) is 4.42 Å². The van der Waals surface area contributed by atoms with E-state index >= 15 is 0 Å². The molecule has 0 N–H and O–H groups in total. The highest BCUT2D eigenvalue weighted by molar-refractivity contribution is 5.79. The molecule has 2 aromatic heterocycles. The quantitative estimate of drug-likeness (QED) is 0.661. The highest BCUT2D eigenvalue weighted by Crippen LogP contribution is 2.32. The first-order valence-corrected chi connectivity index (χ1v) is 8.95. The fourth-order valence-corrected chi connectivity index (χ4v) is 3.35. The molecule has 8 nitrogen and oxygen atoms in total. The largest absolute Gasteiger partial charge is 0.470 e. The molecule has 1 aromatic carbocycles. The standard InChI is InChI=1S/C18H16F3N5O3/c19-18(20,21)17-24-23-15(29-17)11-5-7-25(8-6-11)14(27)9-26-10-22-13-4-2-1-3-12(13)16(26)28/h1-4,10-11H,5-9H2. The Kier molecular flexibility index (Phi) is 4.81. The summed E-state index contributed by atoms with van der Waals surface area (Å²) < 4.78 is 43.8. The number of fused-ring (bicyclic) bond motifs is 1. The van der Waals surface area contributed by atoms with E-state index in [0.717, 1.165) is 0 Å². The molecule has 3 aromatic rings. The molecule has 4 rings (SSSR count). The highest BCUT2D eigenvalue weighted by atomic mass is 19.4. The monoisotopic (exact) mass is 407 g/mol. The molecular formula is C18H16F3N5O3. The van der Waals surface area contributed by atoms with Crippen LogP contribution in [-0.2, 0) is 17.5 Å². The maximum Gasteiger partial charge on any atom is 0.470 e. The summed E-state index contributed by atoms with van der Waals surface area (Å²) >= 11 is 0. The zero-order valence-electron chi connectivity index (χ0n) is 15.1. The Morgan fingerprint density at radius 1 is 1.17 bits per heavy atom. The van der Waals surface area contributed by atoms with Gasteiger partial charge in [0.2, 0.25) is 11.8 Å². The Hall–Kier alpha value is -3.24. The molecule has 1 saturated heterocycles. The summed E-state index contributed by atoms with van der Waals surface area (Å²) in [6.45, 7) is 0.492. The molecule has 1 aliphatic rings.